The van der Waals surface area contributed by atoms with Crippen molar-refractivity contribution in [1.82, 2.24) is 0 Å². The van der Waals surface area contributed by atoms with E-state index >= 15 is 0 Å². The topological polar surface area (TPSA) is 237 Å². The van der Waals surface area contributed by atoms with Gasteiger partial charge >= 0.3 is 39.5 Å². The van der Waals surface area contributed by atoms with Crippen LogP contribution in [0.2, 0.25) is 0 Å². The fourth-order valence-corrected chi connectivity index (χ4v) is 12.6. The number of allylic oxidation sites excluding steroid dienone is 4. The highest BCUT2D eigenvalue weighted by molar-refractivity contribution is 7.47. The number of aliphatic hydroxyl groups excluding tert-OH is 1. The van der Waals surface area contributed by atoms with Gasteiger partial charge in [0.2, 0.25) is 0 Å². The Kier molecular flexibility index (Phi) is 64.4. The van der Waals surface area contributed by atoms with Crippen LogP contribution in [-0.2, 0) is 65.4 Å². The summed E-state index contributed by atoms with van der Waals surface area (Å²) in [6.07, 6.45) is 55.0. The molecular formula is C76H144O17P2. The molecule has 0 saturated heterocycles. The molecule has 19 heteroatoms. The summed E-state index contributed by atoms with van der Waals surface area (Å²) in [6, 6.07) is 0. The van der Waals surface area contributed by atoms with E-state index in [9.17, 15) is 43.2 Å². The van der Waals surface area contributed by atoms with Crippen molar-refractivity contribution < 1.29 is 80.2 Å². The van der Waals surface area contributed by atoms with Crippen LogP contribution in [0.25, 0.3) is 0 Å². The van der Waals surface area contributed by atoms with E-state index in [4.69, 9.17) is 37.0 Å². The van der Waals surface area contributed by atoms with Crippen molar-refractivity contribution in [3.05, 3.63) is 24.3 Å². The number of carbonyl (C=O) groups excluding carboxylic acids is 4. The molecule has 0 aliphatic heterocycles. The van der Waals surface area contributed by atoms with Crippen molar-refractivity contribution >= 4 is 39.5 Å². The lowest BCUT2D eigenvalue weighted by Gasteiger charge is -2.21. The molecule has 0 rings (SSSR count). The fourth-order valence-electron chi connectivity index (χ4n) is 11.0. The maximum absolute atomic E-state index is 13.1. The minimum absolute atomic E-state index is 0.100. The van der Waals surface area contributed by atoms with Crippen molar-refractivity contribution in [3.8, 4) is 0 Å². The lowest BCUT2D eigenvalue weighted by Crippen LogP contribution is -2.30. The Morgan fingerprint density at radius 1 is 0.347 bits per heavy atom. The van der Waals surface area contributed by atoms with Crippen LogP contribution >= 0.6 is 15.6 Å². The molecule has 0 bridgehead atoms. The van der Waals surface area contributed by atoms with Crippen LogP contribution in [0.1, 0.15) is 363 Å². The Morgan fingerprint density at radius 3 is 0.937 bits per heavy atom. The summed E-state index contributed by atoms with van der Waals surface area (Å²) in [6.45, 7) is 11.8. The molecule has 17 nitrogen and oxygen atoms in total. The lowest BCUT2D eigenvalue weighted by molar-refractivity contribution is -0.161. The number of phosphoric acid groups is 2. The second-order valence-corrected chi connectivity index (χ2v) is 30.8. The SMILES string of the molecule is CCCCCC/C=C\C=C/CCCCCCCC(=O)OC[C@H](COP(=O)(O)OC[C@@H](O)COP(=O)(O)OC[C@@H](COC(=O)CCCCCCCCC(C)CC)OC(=O)CCCCCCCCCCCC(C)C)OC(=O)CCCCCCCCCCCCCCCCCC(C)C. The molecule has 560 valence electrons. The fraction of sp³-hybridized carbons (Fsp3) is 0.895. The van der Waals surface area contributed by atoms with Gasteiger partial charge in [0.25, 0.3) is 0 Å². The zero-order valence-electron chi connectivity index (χ0n) is 61.6. The molecule has 3 N–H and O–H groups in total. The molecule has 95 heavy (non-hydrogen) atoms. The summed E-state index contributed by atoms with van der Waals surface area (Å²) in [5.74, 6) is 0.114. The molecule has 0 aromatic rings. The number of ether oxygens (including phenoxy) is 4. The molecule has 0 radical (unpaired) electrons. The first kappa shape index (κ1) is 92.5. The first-order chi connectivity index (χ1) is 45.8. The molecule has 0 aliphatic rings. The minimum Gasteiger partial charge on any atom is -0.462 e. The summed E-state index contributed by atoms with van der Waals surface area (Å²) < 4.78 is 68.5. The van der Waals surface area contributed by atoms with Gasteiger partial charge in [0.15, 0.2) is 12.2 Å². The van der Waals surface area contributed by atoms with Crippen LogP contribution < -0.4 is 0 Å². The number of aliphatic hydroxyl groups is 1. The molecule has 0 saturated carbocycles. The summed E-state index contributed by atoms with van der Waals surface area (Å²) in [5.41, 5.74) is 0. The van der Waals surface area contributed by atoms with Gasteiger partial charge in [0, 0.05) is 25.7 Å². The lowest BCUT2D eigenvalue weighted by atomic mass is 10.00. The summed E-state index contributed by atoms with van der Waals surface area (Å²) >= 11 is 0. The molecule has 6 atom stereocenters. The minimum atomic E-state index is -4.97. The molecule has 3 unspecified atom stereocenters. The van der Waals surface area contributed by atoms with Crippen molar-refractivity contribution in [2.24, 2.45) is 17.8 Å². The molecule has 0 aromatic carbocycles. The number of esters is 4. The van der Waals surface area contributed by atoms with Crippen LogP contribution in [0.5, 0.6) is 0 Å². The maximum atomic E-state index is 13.1. The van der Waals surface area contributed by atoms with Crippen LogP contribution in [-0.4, -0.2) is 96.7 Å². The van der Waals surface area contributed by atoms with E-state index in [1.165, 1.54) is 148 Å². The zero-order chi connectivity index (χ0) is 70.1. The number of carbonyl (C=O) groups is 4. The van der Waals surface area contributed by atoms with Gasteiger partial charge in [0.1, 0.15) is 19.3 Å². The Morgan fingerprint density at radius 2 is 0.621 bits per heavy atom. The van der Waals surface area contributed by atoms with E-state index in [-0.39, 0.29) is 25.7 Å². The first-order valence-corrected chi connectivity index (χ1v) is 41.7. The van der Waals surface area contributed by atoms with Gasteiger partial charge in [-0.3, -0.25) is 37.3 Å². The normalized spacial score (nSPS) is 14.5. The molecule has 0 heterocycles. The largest absolute Gasteiger partial charge is 0.472 e. The number of phosphoric ester groups is 2. The number of rotatable bonds is 72. The molecule has 0 fully saturated rings. The molecule has 0 aromatic heterocycles. The van der Waals surface area contributed by atoms with Crippen molar-refractivity contribution in [2.45, 2.75) is 381 Å². The third-order valence-corrected chi connectivity index (χ3v) is 19.3. The monoisotopic (exact) mass is 1390 g/mol. The standard InChI is InChI=1S/C76H144O17P2/c1-8-10-11-12-13-14-15-16-18-22-25-30-35-43-50-57-73(78)86-63-71(92-75(80)59-52-45-36-31-26-23-20-17-19-21-24-28-33-40-47-54-67(3)4)65-90-94(82,83)88-61-70(77)62-89-95(84,85)91-66-72(64-87-74(79)58-51-44-39-38-42-49-56-69(7)9-2)93-76(81)60-53-46-37-32-27-29-34-41-48-55-68(5)6/h14-16,18,67-72,77H,8-13,17,19-66H2,1-7H3,(H,82,83)(H,84,85)/b15-14-,18-16-/t69?,70-,71-,72-/m1/s1. The van der Waals surface area contributed by atoms with Crippen LogP contribution in [0.4, 0.5) is 0 Å². The first-order valence-electron chi connectivity index (χ1n) is 38.7. The van der Waals surface area contributed by atoms with Gasteiger partial charge in [-0.2, -0.15) is 0 Å². The average molecular weight is 1390 g/mol. The van der Waals surface area contributed by atoms with E-state index < -0.39 is 97.5 Å². The van der Waals surface area contributed by atoms with Crippen LogP contribution in [0.3, 0.4) is 0 Å². The average Bonchev–Trinajstić information content (AvgIpc) is 1.53. The van der Waals surface area contributed by atoms with E-state index in [0.717, 1.165) is 133 Å². The highest BCUT2D eigenvalue weighted by Crippen LogP contribution is 2.45. The Bertz CT molecular complexity index is 1950. The quantitative estimate of drug-likeness (QED) is 0.0169. The van der Waals surface area contributed by atoms with E-state index in [0.29, 0.717) is 25.7 Å². The van der Waals surface area contributed by atoms with Gasteiger partial charge in [-0.05, 0) is 69.1 Å². The number of unbranched alkanes of at least 4 members (excludes halogenated alkanes) is 36. The van der Waals surface area contributed by atoms with Crippen molar-refractivity contribution in [1.29, 1.82) is 0 Å². The molecule has 0 aliphatic carbocycles. The number of hydrogen-bond donors (Lipinski definition) is 3. The zero-order valence-corrected chi connectivity index (χ0v) is 63.4. The van der Waals surface area contributed by atoms with E-state index in [1.807, 2.05) is 0 Å². The van der Waals surface area contributed by atoms with Gasteiger partial charge in [-0.1, -0.05) is 310 Å². The Labute approximate surface area is 580 Å². The highest BCUT2D eigenvalue weighted by atomic mass is 31.2. The van der Waals surface area contributed by atoms with E-state index in [1.54, 1.807) is 0 Å². The summed E-state index contributed by atoms with van der Waals surface area (Å²) in [4.78, 5) is 72.8. The smallest absolute Gasteiger partial charge is 0.462 e. The molecule has 0 amide bonds. The van der Waals surface area contributed by atoms with Gasteiger partial charge in [-0.25, -0.2) is 9.13 Å². The Hall–Kier alpha value is -2.46. The number of hydrogen-bond acceptors (Lipinski definition) is 15. The van der Waals surface area contributed by atoms with Crippen LogP contribution in [0.15, 0.2) is 24.3 Å². The second-order valence-electron chi connectivity index (χ2n) is 27.9. The summed E-state index contributed by atoms with van der Waals surface area (Å²) in [5, 5.41) is 10.6. The second kappa shape index (κ2) is 66.1. The highest BCUT2D eigenvalue weighted by Gasteiger charge is 2.30. The van der Waals surface area contributed by atoms with Gasteiger partial charge in [-0.15, -0.1) is 0 Å². The third kappa shape index (κ3) is 68.5. The van der Waals surface area contributed by atoms with E-state index in [2.05, 4.69) is 72.8 Å². The Balaban J connectivity index is 5.28. The van der Waals surface area contributed by atoms with Crippen molar-refractivity contribution in [2.75, 3.05) is 39.6 Å². The van der Waals surface area contributed by atoms with Gasteiger partial charge in [0.05, 0.1) is 26.4 Å². The molecule has 0 spiro atoms. The third-order valence-electron chi connectivity index (χ3n) is 17.4. The molecular weight excluding hydrogens is 1250 g/mol. The predicted octanol–water partition coefficient (Wildman–Crippen LogP) is 21.7. The maximum Gasteiger partial charge on any atom is 0.472 e. The van der Waals surface area contributed by atoms with Crippen molar-refractivity contribution in [3.63, 3.8) is 0 Å². The summed E-state index contributed by atoms with van der Waals surface area (Å²) in [7, 11) is -9.92. The van der Waals surface area contributed by atoms with Crippen LogP contribution in [0, 0.1) is 17.8 Å². The van der Waals surface area contributed by atoms with Gasteiger partial charge < -0.3 is 33.8 Å². The predicted molar refractivity (Wildman–Crippen MR) is 386 cm³/mol.